The summed E-state index contributed by atoms with van der Waals surface area (Å²) in [6, 6.07) is 16.1. The molecule has 0 aliphatic carbocycles. The Morgan fingerprint density at radius 1 is 0.927 bits per heavy atom. The maximum absolute atomic E-state index is 12.9. The highest BCUT2D eigenvalue weighted by Crippen LogP contribution is 2.22. The van der Waals surface area contributed by atoms with Gasteiger partial charge in [0, 0.05) is 53.7 Å². The average molecular weight is 544 g/mol. The first-order valence-electron chi connectivity index (χ1n) is 12.6. The number of nitrogens with zero attached hydrogens (tertiary/aromatic N) is 7. The fourth-order valence-corrected chi connectivity index (χ4v) is 3.98. The second-order valence-corrected chi connectivity index (χ2v) is 9.11. The number of aromatic nitrogens is 6. The molecule has 0 radical (unpaired) electrons. The van der Waals surface area contributed by atoms with Crippen molar-refractivity contribution in [3.05, 3.63) is 102 Å². The lowest BCUT2D eigenvalue weighted by Crippen LogP contribution is -2.27. The van der Waals surface area contributed by atoms with Crippen LogP contribution in [0, 0.1) is 18.3 Å². The predicted molar refractivity (Wildman–Crippen MR) is 152 cm³/mol. The summed E-state index contributed by atoms with van der Waals surface area (Å²) in [6.45, 7) is 3.74. The van der Waals surface area contributed by atoms with Crippen LogP contribution in [0.3, 0.4) is 0 Å². The molecule has 0 saturated carbocycles. The van der Waals surface area contributed by atoms with Crippen LogP contribution in [0.1, 0.15) is 40.3 Å². The van der Waals surface area contributed by atoms with E-state index in [0.717, 1.165) is 22.5 Å². The highest BCUT2D eigenvalue weighted by atomic mass is 16.5. The Balaban J connectivity index is 1.25. The Morgan fingerprint density at radius 2 is 1.76 bits per heavy atom. The van der Waals surface area contributed by atoms with E-state index in [1.54, 1.807) is 62.2 Å². The largest absolute Gasteiger partial charge is 0.481 e. The summed E-state index contributed by atoms with van der Waals surface area (Å²) in [5.41, 5.74) is 5.21. The first-order chi connectivity index (χ1) is 19.9. The molecule has 1 unspecified atom stereocenters. The van der Waals surface area contributed by atoms with Gasteiger partial charge in [0.25, 0.3) is 5.91 Å². The zero-order chi connectivity index (χ0) is 28.8. The SMILES string of the molecule is COc1ccc(-c2ccc(C(C)NC(=O)c3ccc(-c4nc(C)cc(Nc5cncc(C#N)c5)n4)cn3)cn2)cn1. The van der Waals surface area contributed by atoms with Crippen molar-refractivity contribution in [3.63, 3.8) is 0 Å². The number of nitrogens with one attached hydrogen (secondary N) is 2. The maximum Gasteiger partial charge on any atom is 0.270 e. The van der Waals surface area contributed by atoms with Gasteiger partial charge in [0.1, 0.15) is 17.6 Å². The Labute approximate surface area is 236 Å². The average Bonchev–Trinajstić information content (AvgIpc) is 3.01. The molecule has 1 atom stereocenters. The molecule has 0 aromatic carbocycles. The van der Waals surface area contributed by atoms with E-state index in [9.17, 15) is 4.79 Å². The fourth-order valence-electron chi connectivity index (χ4n) is 3.98. The number of pyridine rings is 4. The van der Waals surface area contributed by atoms with E-state index in [4.69, 9.17) is 10.00 Å². The molecule has 2 N–H and O–H groups in total. The van der Waals surface area contributed by atoms with Gasteiger partial charge in [-0.3, -0.25) is 19.7 Å². The molecule has 41 heavy (non-hydrogen) atoms. The molecule has 5 heterocycles. The van der Waals surface area contributed by atoms with Gasteiger partial charge in [-0.25, -0.2) is 15.0 Å². The van der Waals surface area contributed by atoms with Gasteiger partial charge in [-0.05, 0) is 49.7 Å². The minimum atomic E-state index is -0.315. The van der Waals surface area contributed by atoms with Crippen LogP contribution in [0.25, 0.3) is 22.6 Å². The molecule has 11 heteroatoms. The number of rotatable bonds is 8. The first-order valence-corrected chi connectivity index (χ1v) is 12.6. The third-order valence-electron chi connectivity index (χ3n) is 6.12. The van der Waals surface area contributed by atoms with Crippen LogP contribution in [0.15, 0.2) is 79.5 Å². The summed E-state index contributed by atoms with van der Waals surface area (Å²) in [4.78, 5) is 39.1. The van der Waals surface area contributed by atoms with Crippen molar-refractivity contribution >= 4 is 17.4 Å². The number of carbonyl (C=O) groups is 1. The lowest BCUT2D eigenvalue weighted by molar-refractivity contribution is 0.0935. The van der Waals surface area contributed by atoms with E-state index in [0.29, 0.717) is 34.3 Å². The summed E-state index contributed by atoms with van der Waals surface area (Å²) in [5, 5.41) is 15.2. The predicted octanol–water partition coefficient (Wildman–Crippen LogP) is 4.81. The van der Waals surface area contributed by atoms with Crippen LogP contribution < -0.4 is 15.4 Å². The Kier molecular flexibility index (Phi) is 7.83. The lowest BCUT2D eigenvalue weighted by Gasteiger charge is -2.14. The molecule has 0 fully saturated rings. The molecule has 0 aliphatic heterocycles. The molecule has 5 rings (SSSR count). The number of aryl methyl sites for hydroxylation is 1. The number of hydrogen-bond donors (Lipinski definition) is 2. The van der Waals surface area contributed by atoms with Crippen molar-refractivity contribution < 1.29 is 9.53 Å². The molecular formula is C30H25N9O2. The van der Waals surface area contributed by atoms with Crippen LogP contribution >= 0.6 is 0 Å². The van der Waals surface area contributed by atoms with Crippen molar-refractivity contribution in [2.45, 2.75) is 19.9 Å². The van der Waals surface area contributed by atoms with Gasteiger partial charge in [0.15, 0.2) is 5.82 Å². The lowest BCUT2D eigenvalue weighted by atomic mass is 10.1. The number of anilines is 2. The van der Waals surface area contributed by atoms with Gasteiger partial charge in [-0.15, -0.1) is 0 Å². The summed E-state index contributed by atoms with van der Waals surface area (Å²) < 4.78 is 5.10. The standard InChI is InChI=1S/C30H25N9O2/c1-18-10-27(38-24-11-20(12-31)13-32-17-24)39-29(36-18)23-5-8-26(34-16-23)30(40)37-19(2)21-4-7-25(33-14-21)22-6-9-28(41-3)35-15-22/h4-11,13-17,19H,1-3H3,(H,37,40)(H,36,38,39). The molecule has 0 bridgehead atoms. The van der Waals surface area contributed by atoms with Crippen molar-refractivity contribution in [3.8, 4) is 34.6 Å². The number of nitriles is 1. The highest BCUT2D eigenvalue weighted by molar-refractivity contribution is 5.92. The molecule has 5 aromatic heterocycles. The Hall–Kier alpha value is -5.76. The number of amides is 1. The van der Waals surface area contributed by atoms with E-state index in [2.05, 4.69) is 46.6 Å². The minimum absolute atomic E-state index is 0.264. The van der Waals surface area contributed by atoms with Crippen LogP contribution in [-0.4, -0.2) is 42.9 Å². The Bertz CT molecular complexity index is 1720. The summed E-state index contributed by atoms with van der Waals surface area (Å²) in [5.74, 6) is 1.21. The molecule has 202 valence electrons. The second-order valence-electron chi connectivity index (χ2n) is 9.11. The summed E-state index contributed by atoms with van der Waals surface area (Å²) >= 11 is 0. The number of hydrogen-bond acceptors (Lipinski definition) is 10. The van der Waals surface area contributed by atoms with Crippen LogP contribution in [0.5, 0.6) is 5.88 Å². The fraction of sp³-hybridized carbons (Fsp3) is 0.133. The van der Waals surface area contributed by atoms with Gasteiger partial charge in [0.05, 0.1) is 36.3 Å². The zero-order valence-electron chi connectivity index (χ0n) is 22.5. The van der Waals surface area contributed by atoms with E-state index in [-0.39, 0.29) is 17.6 Å². The monoisotopic (exact) mass is 543 g/mol. The van der Waals surface area contributed by atoms with E-state index in [1.165, 1.54) is 6.20 Å². The zero-order valence-corrected chi connectivity index (χ0v) is 22.5. The van der Waals surface area contributed by atoms with Gasteiger partial charge in [0.2, 0.25) is 5.88 Å². The van der Waals surface area contributed by atoms with Gasteiger partial charge in [-0.2, -0.15) is 5.26 Å². The van der Waals surface area contributed by atoms with Gasteiger partial charge < -0.3 is 15.4 Å². The van der Waals surface area contributed by atoms with Gasteiger partial charge in [-0.1, -0.05) is 6.07 Å². The molecule has 0 aliphatic rings. The van der Waals surface area contributed by atoms with Crippen LogP contribution in [0.2, 0.25) is 0 Å². The number of carbonyl (C=O) groups excluding carboxylic acids is 1. The summed E-state index contributed by atoms with van der Waals surface area (Å²) in [7, 11) is 1.57. The molecule has 11 nitrogen and oxygen atoms in total. The summed E-state index contributed by atoms with van der Waals surface area (Å²) in [6.07, 6.45) is 8.09. The third kappa shape index (κ3) is 6.46. The molecule has 0 saturated heterocycles. The molecule has 5 aromatic rings. The quantitative estimate of drug-likeness (QED) is 0.279. The highest BCUT2D eigenvalue weighted by Gasteiger charge is 2.15. The van der Waals surface area contributed by atoms with Crippen molar-refractivity contribution in [1.82, 2.24) is 35.2 Å². The first kappa shape index (κ1) is 26.8. The molecule has 1 amide bonds. The second kappa shape index (κ2) is 12.0. The van der Waals surface area contributed by atoms with E-state index < -0.39 is 0 Å². The minimum Gasteiger partial charge on any atom is -0.481 e. The maximum atomic E-state index is 12.9. The van der Waals surface area contributed by atoms with Crippen molar-refractivity contribution in [1.29, 1.82) is 5.26 Å². The van der Waals surface area contributed by atoms with Crippen molar-refractivity contribution in [2.75, 3.05) is 12.4 Å². The van der Waals surface area contributed by atoms with Crippen molar-refractivity contribution in [2.24, 2.45) is 0 Å². The van der Waals surface area contributed by atoms with E-state index in [1.807, 2.05) is 32.0 Å². The smallest absolute Gasteiger partial charge is 0.270 e. The van der Waals surface area contributed by atoms with Crippen LogP contribution in [0.4, 0.5) is 11.5 Å². The topological polar surface area (TPSA) is 151 Å². The number of methoxy groups -OCH3 is 1. The normalized spacial score (nSPS) is 11.3. The molecular weight excluding hydrogens is 518 g/mol. The van der Waals surface area contributed by atoms with E-state index >= 15 is 0 Å². The Morgan fingerprint density at radius 3 is 2.44 bits per heavy atom. The third-order valence-corrected chi connectivity index (χ3v) is 6.12. The molecule has 0 spiro atoms. The number of ether oxygens (including phenoxy) is 1. The van der Waals surface area contributed by atoms with Gasteiger partial charge >= 0.3 is 0 Å². The van der Waals surface area contributed by atoms with Crippen LogP contribution in [-0.2, 0) is 0 Å².